The van der Waals surface area contributed by atoms with E-state index in [2.05, 4.69) is 0 Å². The van der Waals surface area contributed by atoms with Gasteiger partial charge in [0.05, 0.1) is 11.1 Å². The number of ether oxygens (including phenoxy) is 2. The Labute approximate surface area is 286 Å². The van der Waals surface area contributed by atoms with Gasteiger partial charge < -0.3 is 40.1 Å². The average molecular weight is 670 g/mol. The van der Waals surface area contributed by atoms with Gasteiger partial charge in [-0.25, -0.2) is 9.59 Å². The molecular weight excluding hydrogens is 640 g/mol. The highest BCUT2D eigenvalue weighted by molar-refractivity contribution is 6.01. The summed E-state index contributed by atoms with van der Waals surface area (Å²) in [5, 5.41) is 60.1. The molecule has 4 aliphatic rings. The third kappa shape index (κ3) is 5.75. The minimum Gasteiger partial charge on any atom is -0.873 e. The van der Waals surface area contributed by atoms with Crippen LogP contribution in [-0.4, -0.2) is 49.7 Å². The molecule has 5 N–H and O–H groups in total. The van der Waals surface area contributed by atoms with E-state index in [9.17, 15) is 40.2 Å². The molecule has 0 spiro atoms. The summed E-state index contributed by atoms with van der Waals surface area (Å²) in [4.78, 5) is 23.3. The number of aliphatic hydroxyl groups excluding tert-OH is 1. The van der Waals surface area contributed by atoms with Crippen molar-refractivity contribution in [2.24, 2.45) is 0 Å². The fourth-order valence-electron chi connectivity index (χ4n) is 6.37. The summed E-state index contributed by atoms with van der Waals surface area (Å²) in [6.07, 6.45) is 8.17. The molecule has 0 amide bonds. The Kier molecular flexibility index (Phi) is 7.97. The van der Waals surface area contributed by atoms with E-state index in [-0.39, 0.29) is 35.6 Å². The van der Waals surface area contributed by atoms with E-state index in [1.165, 1.54) is 42.5 Å². The number of carbonyl (C=O) groups is 2. The molecule has 8 rings (SSSR count). The van der Waals surface area contributed by atoms with Gasteiger partial charge in [0.15, 0.2) is 0 Å². The van der Waals surface area contributed by atoms with Gasteiger partial charge in [-0.3, -0.25) is 0 Å². The molecule has 50 heavy (non-hydrogen) atoms. The molecule has 250 valence electrons. The van der Waals surface area contributed by atoms with Crippen molar-refractivity contribution in [1.82, 2.24) is 0 Å². The smallest absolute Gasteiger partial charge is 0.336 e. The van der Waals surface area contributed by atoms with Crippen LogP contribution in [0.15, 0.2) is 144 Å². The zero-order chi connectivity index (χ0) is 35.1. The highest BCUT2D eigenvalue weighted by Crippen LogP contribution is 2.45. The van der Waals surface area contributed by atoms with Gasteiger partial charge in [-0.1, -0.05) is 54.6 Å². The molecule has 0 saturated carbocycles. The van der Waals surface area contributed by atoms with Gasteiger partial charge in [0.2, 0.25) is 0 Å². The van der Waals surface area contributed by atoms with Gasteiger partial charge in [0.1, 0.15) is 41.0 Å². The Morgan fingerprint density at radius 2 is 1.04 bits per heavy atom. The van der Waals surface area contributed by atoms with Crippen molar-refractivity contribution in [2.45, 2.75) is 12.2 Å². The molecule has 0 saturated heterocycles. The zero-order valence-electron chi connectivity index (χ0n) is 26.0. The van der Waals surface area contributed by atoms with Gasteiger partial charge in [-0.15, -0.1) is 5.76 Å². The van der Waals surface area contributed by atoms with E-state index in [1.807, 2.05) is 0 Å². The number of phenols is 2. The summed E-state index contributed by atoms with van der Waals surface area (Å²) in [6.45, 7) is 0. The Bertz CT molecular complexity index is 2130. The van der Waals surface area contributed by atoms with Crippen LogP contribution in [0.5, 0.6) is 23.0 Å². The Morgan fingerprint density at radius 1 is 0.580 bits per heavy atom. The first-order valence-corrected chi connectivity index (χ1v) is 15.4. The molecule has 0 aromatic heterocycles. The number of benzene rings is 4. The zero-order valence-corrected chi connectivity index (χ0v) is 26.0. The number of aliphatic hydroxyl groups is 1. The SMILES string of the molecule is O=C(O)c1ccccc1C1=C2C=CC(O)=CC2Oc2cc(O)ccc21.O=C(O)c1ccccc1C1=C2C=CC([O-])=CC2Oc2cc(O)ccc21.[HH]. The lowest BCUT2D eigenvalue weighted by atomic mass is 9.84. The number of fused-ring (bicyclic) bond motifs is 4. The maximum atomic E-state index is 11.7. The van der Waals surface area contributed by atoms with Crippen LogP contribution in [0.3, 0.4) is 0 Å². The molecule has 2 atom stereocenters. The molecule has 0 bridgehead atoms. The third-order valence-corrected chi connectivity index (χ3v) is 8.52. The van der Waals surface area contributed by atoms with Crippen molar-refractivity contribution in [1.29, 1.82) is 0 Å². The minimum atomic E-state index is -1.04. The molecule has 4 aromatic rings. The molecule has 2 heterocycles. The fraction of sp³-hybridized carbons (Fsp3) is 0.0500. The van der Waals surface area contributed by atoms with Crippen molar-refractivity contribution >= 4 is 23.1 Å². The van der Waals surface area contributed by atoms with Crippen molar-refractivity contribution < 1.29 is 51.1 Å². The molecule has 2 aliphatic heterocycles. The van der Waals surface area contributed by atoms with E-state index in [1.54, 1.807) is 78.9 Å². The molecule has 2 aliphatic carbocycles. The Balaban J connectivity index is 0.000000172. The van der Waals surface area contributed by atoms with Crippen molar-refractivity contribution in [3.05, 3.63) is 177 Å². The van der Waals surface area contributed by atoms with Crippen molar-refractivity contribution in [2.75, 3.05) is 0 Å². The second kappa shape index (κ2) is 12.6. The number of carboxylic acids is 2. The van der Waals surface area contributed by atoms with Gasteiger partial charge in [0, 0.05) is 53.1 Å². The predicted molar refractivity (Wildman–Crippen MR) is 183 cm³/mol. The van der Waals surface area contributed by atoms with Gasteiger partial charge in [0.25, 0.3) is 0 Å². The standard InChI is InChI=1S/2C20H14O5.H2/c2*21-11-5-7-15-17(9-11)25-18-10-12(22)6-8-16(18)19(15)13-3-1-2-4-14(13)20(23)24;/h2*1-10,17,21-22H,(H,23,24);1H/p-1. The van der Waals surface area contributed by atoms with Gasteiger partial charge in [-0.2, -0.15) is 0 Å². The normalized spacial score (nSPS) is 18.1. The summed E-state index contributed by atoms with van der Waals surface area (Å²) in [5.41, 5.74) is 5.67. The molecule has 10 nitrogen and oxygen atoms in total. The summed E-state index contributed by atoms with van der Waals surface area (Å²) in [6, 6.07) is 22.8. The first-order valence-electron chi connectivity index (χ1n) is 15.4. The van der Waals surface area contributed by atoms with Gasteiger partial charge >= 0.3 is 11.9 Å². The lowest BCUT2D eigenvalue weighted by Gasteiger charge is -2.32. The lowest BCUT2D eigenvalue weighted by molar-refractivity contribution is -0.296. The summed E-state index contributed by atoms with van der Waals surface area (Å²) in [5.74, 6) is -1.24. The van der Waals surface area contributed by atoms with Crippen LogP contribution in [-0.2, 0) is 0 Å². The van der Waals surface area contributed by atoms with Gasteiger partial charge in [-0.05, 0) is 59.7 Å². The minimum absolute atomic E-state index is 0. The quantitative estimate of drug-likeness (QED) is 0.164. The number of phenolic OH excluding ortho intramolecular Hbond substituents is 2. The first-order chi connectivity index (χ1) is 24.1. The summed E-state index contributed by atoms with van der Waals surface area (Å²) in [7, 11) is 0. The number of carboxylic acid groups (broad SMARTS) is 2. The van der Waals surface area contributed by atoms with Crippen LogP contribution in [0.2, 0.25) is 0 Å². The largest absolute Gasteiger partial charge is 0.873 e. The lowest BCUT2D eigenvalue weighted by Crippen LogP contribution is -2.26. The second-order valence-corrected chi connectivity index (χ2v) is 11.6. The monoisotopic (exact) mass is 669 g/mol. The number of allylic oxidation sites excluding steroid dienone is 2. The average Bonchev–Trinajstić information content (AvgIpc) is 3.09. The van der Waals surface area contributed by atoms with E-state index in [0.29, 0.717) is 50.5 Å². The number of hydrogen-bond donors (Lipinski definition) is 5. The fourth-order valence-corrected chi connectivity index (χ4v) is 6.37. The van der Waals surface area contributed by atoms with E-state index in [0.717, 1.165) is 5.57 Å². The third-order valence-electron chi connectivity index (χ3n) is 8.52. The van der Waals surface area contributed by atoms with E-state index < -0.39 is 24.1 Å². The van der Waals surface area contributed by atoms with E-state index in [4.69, 9.17) is 9.47 Å². The van der Waals surface area contributed by atoms with Crippen LogP contribution < -0.4 is 14.6 Å². The highest BCUT2D eigenvalue weighted by atomic mass is 16.5. The Morgan fingerprint density at radius 3 is 1.54 bits per heavy atom. The van der Waals surface area contributed by atoms with E-state index >= 15 is 0 Å². The molecule has 0 fully saturated rings. The summed E-state index contributed by atoms with van der Waals surface area (Å²) < 4.78 is 11.7. The van der Waals surface area contributed by atoms with Crippen molar-refractivity contribution in [3.63, 3.8) is 0 Å². The summed E-state index contributed by atoms with van der Waals surface area (Å²) >= 11 is 0. The molecule has 10 heteroatoms. The number of aromatic hydroxyl groups is 2. The topological polar surface area (TPSA) is 177 Å². The molecular formula is C40H29O10-. The van der Waals surface area contributed by atoms with Crippen molar-refractivity contribution in [3.8, 4) is 23.0 Å². The number of hydrogen-bond acceptors (Lipinski definition) is 8. The van der Waals surface area contributed by atoms with Crippen LogP contribution in [0.1, 0.15) is 44.4 Å². The highest BCUT2D eigenvalue weighted by Gasteiger charge is 2.32. The maximum Gasteiger partial charge on any atom is 0.336 e. The molecule has 2 unspecified atom stereocenters. The Hall–Kier alpha value is -6.94. The van der Waals surface area contributed by atoms with Crippen LogP contribution >= 0.6 is 0 Å². The van der Waals surface area contributed by atoms with Crippen LogP contribution in [0.4, 0.5) is 0 Å². The molecule has 4 aromatic carbocycles. The van der Waals surface area contributed by atoms with Crippen LogP contribution in [0, 0.1) is 0 Å². The molecule has 0 radical (unpaired) electrons. The predicted octanol–water partition coefficient (Wildman–Crippen LogP) is 6.38. The van der Waals surface area contributed by atoms with Crippen LogP contribution in [0.25, 0.3) is 11.1 Å². The number of aromatic carboxylic acids is 2. The number of rotatable bonds is 4. The second-order valence-electron chi connectivity index (χ2n) is 11.6. The first kappa shape index (κ1) is 31.6. The maximum absolute atomic E-state index is 11.7.